The van der Waals surface area contributed by atoms with Gasteiger partial charge in [0, 0.05) is 24.9 Å². The minimum Gasteiger partial charge on any atom is -0.396 e. The van der Waals surface area contributed by atoms with Gasteiger partial charge in [-0.15, -0.1) is 5.10 Å². The molecular weight excluding hydrogens is 281 g/mol. The first-order valence-corrected chi connectivity index (χ1v) is 6.27. The lowest BCUT2D eigenvalue weighted by atomic mass is 10.2. The second-order valence-electron chi connectivity index (χ2n) is 4.36. The van der Waals surface area contributed by atoms with E-state index in [1.807, 2.05) is 0 Å². The molecule has 112 valence electrons. The van der Waals surface area contributed by atoms with E-state index < -0.39 is 10.7 Å². The van der Waals surface area contributed by atoms with Gasteiger partial charge in [-0.25, -0.2) is 4.39 Å². The van der Waals surface area contributed by atoms with Crippen LogP contribution in [0.15, 0.2) is 24.4 Å². The van der Waals surface area contributed by atoms with Crippen LogP contribution in [0.2, 0.25) is 0 Å². The third-order valence-electron chi connectivity index (χ3n) is 2.70. The number of nitro groups is 1. The van der Waals surface area contributed by atoms with Gasteiger partial charge < -0.3 is 10.4 Å². The highest BCUT2D eigenvalue weighted by atomic mass is 19.1. The summed E-state index contributed by atoms with van der Waals surface area (Å²) in [5.41, 5.74) is 0.593. The van der Waals surface area contributed by atoms with Crippen molar-refractivity contribution in [3.63, 3.8) is 0 Å². The standard InChI is InChI=1S/C12H14FN5O3/c13-9-4-10(6-12(5-9)18(20)21)14-7-11-8-17(16-15-11)2-1-3-19/h4-6,8,14,19H,1-3,7H2. The maximum atomic E-state index is 13.3. The Hall–Kier alpha value is -2.55. The number of benzene rings is 1. The molecule has 0 aliphatic heterocycles. The molecule has 21 heavy (non-hydrogen) atoms. The first kappa shape index (κ1) is 14.9. The molecule has 0 atom stereocenters. The van der Waals surface area contributed by atoms with Crippen molar-refractivity contribution < 1.29 is 14.4 Å². The fourth-order valence-corrected chi connectivity index (χ4v) is 1.74. The summed E-state index contributed by atoms with van der Waals surface area (Å²) in [5, 5.41) is 30.0. The van der Waals surface area contributed by atoms with Crippen LogP contribution in [-0.4, -0.2) is 31.6 Å². The maximum absolute atomic E-state index is 13.3. The summed E-state index contributed by atoms with van der Waals surface area (Å²) in [6, 6.07) is 3.28. The molecule has 9 heteroatoms. The van der Waals surface area contributed by atoms with E-state index in [4.69, 9.17) is 5.11 Å². The third-order valence-corrected chi connectivity index (χ3v) is 2.70. The number of halogens is 1. The smallest absolute Gasteiger partial charge is 0.274 e. The van der Waals surface area contributed by atoms with Crippen LogP contribution in [0.3, 0.4) is 0 Å². The van der Waals surface area contributed by atoms with Crippen molar-refractivity contribution in [2.45, 2.75) is 19.5 Å². The lowest BCUT2D eigenvalue weighted by Gasteiger charge is -2.04. The van der Waals surface area contributed by atoms with E-state index in [1.54, 1.807) is 10.9 Å². The number of aryl methyl sites for hydroxylation is 1. The zero-order chi connectivity index (χ0) is 15.2. The summed E-state index contributed by atoms with van der Waals surface area (Å²) in [7, 11) is 0. The van der Waals surface area contributed by atoms with Gasteiger partial charge >= 0.3 is 0 Å². The Morgan fingerprint density at radius 3 is 2.95 bits per heavy atom. The van der Waals surface area contributed by atoms with Gasteiger partial charge in [0.05, 0.1) is 23.7 Å². The predicted molar refractivity (Wildman–Crippen MR) is 72.1 cm³/mol. The largest absolute Gasteiger partial charge is 0.396 e. The van der Waals surface area contributed by atoms with Crippen LogP contribution in [0.1, 0.15) is 12.1 Å². The molecule has 0 aliphatic rings. The second-order valence-corrected chi connectivity index (χ2v) is 4.36. The maximum Gasteiger partial charge on any atom is 0.274 e. The summed E-state index contributed by atoms with van der Waals surface area (Å²) in [6.07, 6.45) is 2.27. The van der Waals surface area contributed by atoms with Crippen molar-refractivity contribution in [3.8, 4) is 0 Å². The molecule has 1 heterocycles. The molecule has 0 bridgehead atoms. The van der Waals surface area contributed by atoms with Gasteiger partial charge in [-0.3, -0.25) is 14.8 Å². The summed E-state index contributed by atoms with van der Waals surface area (Å²) in [5.74, 6) is -0.682. The van der Waals surface area contributed by atoms with Crippen LogP contribution < -0.4 is 5.32 Å². The fourth-order valence-electron chi connectivity index (χ4n) is 1.74. The normalized spacial score (nSPS) is 10.6. The monoisotopic (exact) mass is 295 g/mol. The van der Waals surface area contributed by atoms with Crippen molar-refractivity contribution in [2.24, 2.45) is 0 Å². The van der Waals surface area contributed by atoms with Crippen LogP contribution in [0.4, 0.5) is 15.8 Å². The van der Waals surface area contributed by atoms with Gasteiger partial charge in [-0.05, 0) is 12.5 Å². The molecule has 0 fully saturated rings. The number of hydrogen-bond acceptors (Lipinski definition) is 6. The molecule has 0 unspecified atom stereocenters. The number of nitrogens with one attached hydrogen (secondary N) is 1. The minimum atomic E-state index is -0.682. The van der Waals surface area contributed by atoms with Gasteiger partial charge in [0.15, 0.2) is 0 Å². The van der Waals surface area contributed by atoms with Crippen LogP contribution in [0.5, 0.6) is 0 Å². The molecular formula is C12H14FN5O3. The Kier molecular flexibility index (Phi) is 4.77. The number of nitro benzene ring substituents is 1. The highest BCUT2D eigenvalue weighted by Crippen LogP contribution is 2.20. The van der Waals surface area contributed by atoms with Crippen LogP contribution in [-0.2, 0) is 13.1 Å². The highest BCUT2D eigenvalue weighted by molar-refractivity contribution is 5.51. The van der Waals surface area contributed by atoms with Crippen LogP contribution in [0.25, 0.3) is 0 Å². The molecule has 0 spiro atoms. The van der Waals surface area contributed by atoms with Gasteiger partial charge in [0.1, 0.15) is 11.5 Å². The SMILES string of the molecule is O=[N+]([O-])c1cc(F)cc(NCc2cn(CCCO)nn2)c1. The average molecular weight is 295 g/mol. The van der Waals surface area contributed by atoms with Gasteiger partial charge in [0.25, 0.3) is 5.69 Å². The molecule has 8 nitrogen and oxygen atoms in total. The number of anilines is 1. The minimum absolute atomic E-state index is 0.0698. The second kappa shape index (κ2) is 6.75. The lowest BCUT2D eigenvalue weighted by molar-refractivity contribution is -0.385. The van der Waals surface area contributed by atoms with E-state index in [-0.39, 0.29) is 18.8 Å². The lowest BCUT2D eigenvalue weighted by Crippen LogP contribution is -2.02. The molecule has 2 aromatic rings. The van der Waals surface area contributed by atoms with E-state index in [1.165, 1.54) is 12.1 Å². The van der Waals surface area contributed by atoms with Gasteiger partial charge in [-0.1, -0.05) is 5.21 Å². The molecule has 1 aromatic carbocycles. The van der Waals surface area contributed by atoms with Gasteiger partial charge in [-0.2, -0.15) is 0 Å². The first-order chi connectivity index (χ1) is 10.1. The van der Waals surface area contributed by atoms with Crippen molar-refractivity contribution in [1.29, 1.82) is 0 Å². The Balaban J connectivity index is 1.99. The quantitative estimate of drug-likeness (QED) is 0.589. The average Bonchev–Trinajstić information content (AvgIpc) is 2.90. The Morgan fingerprint density at radius 2 is 2.24 bits per heavy atom. The topological polar surface area (TPSA) is 106 Å². The highest BCUT2D eigenvalue weighted by Gasteiger charge is 2.10. The molecule has 2 N–H and O–H groups in total. The van der Waals surface area contributed by atoms with E-state index in [0.29, 0.717) is 24.3 Å². The summed E-state index contributed by atoms with van der Waals surface area (Å²) < 4.78 is 14.8. The zero-order valence-corrected chi connectivity index (χ0v) is 11.1. The number of hydrogen-bond donors (Lipinski definition) is 2. The van der Waals surface area contributed by atoms with Crippen LogP contribution >= 0.6 is 0 Å². The number of rotatable bonds is 7. The molecule has 1 aromatic heterocycles. The van der Waals surface area contributed by atoms with Crippen molar-refractivity contribution in [2.75, 3.05) is 11.9 Å². The third kappa shape index (κ3) is 4.21. The number of nitrogens with zero attached hydrogens (tertiary/aromatic N) is 4. The molecule has 0 saturated heterocycles. The Bertz CT molecular complexity index is 631. The Morgan fingerprint density at radius 1 is 1.43 bits per heavy atom. The van der Waals surface area contributed by atoms with Crippen LogP contribution in [0, 0.1) is 15.9 Å². The predicted octanol–water partition coefficient (Wildman–Crippen LogP) is 1.32. The van der Waals surface area contributed by atoms with Crippen molar-refractivity contribution in [1.82, 2.24) is 15.0 Å². The van der Waals surface area contributed by atoms with Gasteiger partial charge in [0.2, 0.25) is 0 Å². The first-order valence-electron chi connectivity index (χ1n) is 6.27. The van der Waals surface area contributed by atoms with Crippen molar-refractivity contribution in [3.05, 3.63) is 46.0 Å². The number of aliphatic hydroxyl groups is 1. The molecule has 0 aliphatic carbocycles. The molecule has 2 rings (SSSR count). The zero-order valence-electron chi connectivity index (χ0n) is 11.1. The number of aliphatic hydroxyl groups excluding tert-OH is 1. The van der Waals surface area contributed by atoms with E-state index in [9.17, 15) is 14.5 Å². The molecule has 0 saturated carbocycles. The summed E-state index contributed by atoms with van der Waals surface area (Å²) in [6.45, 7) is 0.884. The van der Waals surface area contributed by atoms with E-state index >= 15 is 0 Å². The van der Waals surface area contributed by atoms with E-state index in [2.05, 4.69) is 15.6 Å². The summed E-state index contributed by atoms with van der Waals surface area (Å²) in [4.78, 5) is 10.00. The number of non-ortho nitro benzene ring substituents is 1. The number of aromatic nitrogens is 3. The fraction of sp³-hybridized carbons (Fsp3) is 0.333. The van der Waals surface area contributed by atoms with E-state index in [0.717, 1.165) is 6.07 Å². The molecule has 0 amide bonds. The van der Waals surface area contributed by atoms with Crippen molar-refractivity contribution >= 4 is 11.4 Å². The Labute approximate surface area is 119 Å². The molecule has 0 radical (unpaired) electrons. The summed E-state index contributed by atoms with van der Waals surface area (Å²) >= 11 is 0.